The van der Waals surface area contributed by atoms with E-state index >= 15 is 0 Å². The second kappa shape index (κ2) is 6.35. The van der Waals surface area contributed by atoms with Crippen LogP contribution in [-0.4, -0.2) is 19.1 Å². The summed E-state index contributed by atoms with van der Waals surface area (Å²) in [6.07, 6.45) is -3.35. The van der Waals surface area contributed by atoms with E-state index in [1.807, 2.05) is 19.1 Å². The maximum absolute atomic E-state index is 13.0. The fourth-order valence-corrected chi connectivity index (χ4v) is 4.04. The van der Waals surface area contributed by atoms with Gasteiger partial charge in [-0.1, -0.05) is 11.6 Å². The summed E-state index contributed by atoms with van der Waals surface area (Å²) in [5.41, 5.74) is 3.70. The number of hydrogen-bond donors (Lipinski definition) is 3. The highest BCUT2D eigenvalue weighted by atomic mass is 35.5. The largest absolute Gasteiger partial charge is 0.416 e. The van der Waals surface area contributed by atoms with E-state index in [2.05, 4.69) is 16.0 Å². The number of alkyl halides is 3. The van der Waals surface area contributed by atoms with Crippen LogP contribution in [0.4, 0.5) is 30.2 Å². The van der Waals surface area contributed by atoms with Gasteiger partial charge in [-0.15, -0.1) is 0 Å². The summed E-state index contributed by atoms with van der Waals surface area (Å²) in [7, 11) is 0. The molecule has 26 heavy (non-hydrogen) atoms. The minimum Gasteiger partial charge on any atom is -0.381 e. The van der Waals surface area contributed by atoms with Gasteiger partial charge in [-0.05, 0) is 61.3 Å². The first-order valence-corrected chi connectivity index (χ1v) is 8.96. The number of fused-ring (bicyclic) bond motifs is 3. The van der Waals surface area contributed by atoms with E-state index in [9.17, 15) is 13.2 Å². The van der Waals surface area contributed by atoms with E-state index in [-0.39, 0.29) is 10.7 Å². The first-order chi connectivity index (χ1) is 12.3. The predicted molar refractivity (Wildman–Crippen MR) is 98.6 cm³/mol. The fraction of sp³-hybridized carbons (Fsp3) is 0.368. The van der Waals surface area contributed by atoms with Gasteiger partial charge in [0.1, 0.15) is 0 Å². The first-order valence-electron chi connectivity index (χ1n) is 8.58. The lowest BCUT2D eigenvalue weighted by atomic mass is 9.89. The average Bonchev–Trinajstić information content (AvgIpc) is 2.95. The van der Waals surface area contributed by atoms with Gasteiger partial charge in [0, 0.05) is 29.9 Å². The molecule has 0 amide bonds. The van der Waals surface area contributed by atoms with Crippen molar-refractivity contribution in [3.05, 3.63) is 52.0 Å². The highest BCUT2D eigenvalue weighted by Gasteiger charge is 2.35. The third kappa shape index (κ3) is 3.12. The second-order valence-corrected chi connectivity index (χ2v) is 7.33. The lowest BCUT2D eigenvalue weighted by Crippen LogP contribution is -2.38. The topological polar surface area (TPSA) is 36.1 Å². The number of halogens is 4. The Morgan fingerprint density at radius 3 is 2.77 bits per heavy atom. The SMILES string of the molecule is Cc1cc(Nc2cc(C(F)(F)F)ccc2Cl)cc2c1N[C@H]1CCNC[C@@H]21. The molecule has 138 valence electrons. The summed E-state index contributed by atoms with van der Waals surface area (Å²) >= 11 is 6.11. The molecule has 2 aromatic carbocycles. The van der Waals surface area contributed by atoms with Crippen molar-refractivity contribution in [2.75, 3.05) is 23.7 Å². The molecule has 1 fully saturated rings. The van der Waals surface area contributed by atoms with Crippen molar-refractivity contribution in [3.8, 4) is 0 Å². The number of hydrogen-bond acceptors (Lipinski definition) is 3. The molecule has 0 unspecified atom stereocenters. The summed E-state index contributed by atoms with van der Waals surface area (Å²) in [5.74, 6) is 0.371. The van der Waals surface area contributed by atoms with Crippen LogP contribution in [0.25, 0.3) is 0 Å². The Bertz CT molecular complexity index is 851. The molecular weight excluding hydrogens is 363 g/mol. The van der Waals surface area contributed by atoms with Crippen LogP contribution in [0.2, 0.25) is 5.02 Å². The van der Waals surface area contributed by atoms with Gasteiger partial charge < -0.3 is 16.0 Å². The van der Waals surface area contributed by atoms with Gasteiger partial charge in [0.15, 0.2) is 0 Å². The van der Waals surface area contributed by atoms with Crippen molar-refractivity contribution in [2.45, 2.75) is 31.5 Å². The van der Waals surface area contributed by atoms with Crippen LogP contribution in [0.5, 0.6) is 0 Å². The van der Waals surface area contributed by atoms with Crippen LogP contribution in [0.15, 0.2) is 30.3 Å². The Morgan fingerprint density at radius 1 is 1.19 bits per heavy atom. The maximum atomic E-state index is 13.0. The molecule has 0 bridgehead atoms. The van der Waals surface area contributed by atoms with Gasteiger partial charge in [-0.2, -0.15) is 13.2 Å². The number of rotatable bonds is 2. The van der Waals surface area contributed by atoms with E-state index in [1.54, 1.807) is 0 Å². The summed E-state index contributed by atoms with van der Waals surface area (Å²) < 4.78 is 38.9. The molecule has 2 aliphatic rings. The van der Waals surface area contributed by atoms with Gasteiger partial charge in [0.25, 0.3) is 0 Å². The quantitative estimate of drug-likeness (QED) is 0.662. The van der Waals surface area contributed by atoms with Crippen LogP contribution in [0.3, 0.4) is 0 Å². The second-order valence-electron chi connectivity index (χ2n) is 6.92. The predicted octanol–water partition coefficient (Wildman–Crippen LogP) is 5.28. The van der Waals surface area contributed by atoms with Crippen molar-refractivity contribution >= 4 is 28.7 Å². The smallest absolute Gasteiger partial charge is 0.381 e. The summed E-state index contributed by atoms with van der Waals surface area (Å²) in [5, 5.41) is 10.3. The summed E-state index contributed by atoms with van der Waals surface area (Å²) in [6.45, 7) is 3.90. The average molecular weight is 382 g/mol. The van der Waals surface area contributed by atoms with Crippen LogP contribution < -0.4 is 16.0 Å². The Balaban J connectivity index is 1.68. The standard InChI is InChI=1S/C19H19ClF3N3/c1-10-6-12(8-13-14-9-24-5-4-16(14)26-18(10)13)25-17-7-11(19(21,22)23)2-3-15(17)20/h2-3,6-8,14,16,24-26H,4-5,9H2,1H3/t14-,16-/m0/s1. The zero-order valence-corrected chi connectivity index (χ0v) is 14.9. The normalized spacial score (nSPS) is 21.7. The van der Waals surface area contributed by atoms with E-state index in [1.165, 1.54) is 11.6 Å². The lowest BCUT2D eigenvalue weighted by Gasteiger charge is -2.26. The molecule has 2 atom stereocenters. The maximum Gasteiger partial charge on any atom is 0.416 e. The van der Waals surface area contributed by atoms with Crippen LogP contribution in [0.1, 0.15) is 29.0 Å². The molecule has 0 aromatic heterocycles. The minimum atomic E-state index is -4.40. The van der Waals surface area contributed by atoms with Crippen molar-refractivity contribution in [1.29, 1.82) is 0 Å². The van der Waals surface area contributed by atoms with E-state index < -0.39 is 11.7 Å². The molecule has 1 saturated heterocycles. The Hall–Kier alpha value is -1.92. The zero-order chi connectivity index (χ0) is 18.5. The molecule has 3 N–H and O–H groups in total. The Labute approximate surface area is 154 Å². The van der Waals surface area contributed by atoms with E-state index in [4.69, 9.17) is 11.6 Å². The number of nitrogens with one attached hydrogen (secondary N) is 3. The van der Waals surface area contributed by atoms with Crippen LogP contribution >= 0.6 is 11.6 Å². The van der Waals surface area contributed by atoms with Gasteiger partial charge in [0.2, 0.25) is 0 Å². The van der Waals surface area contributed by atoms with E-state index in [0.29, 0.717) is 12.0 Å². The highest BCUT2D eigenvalue weighted by molar-refractivity contribution is 6.33. The fourth-order valence-electron chi connectivity index (χ4n) is 3.87. The third-order valence-corrected chi connectivity index (χ3v) is 5.48. The highest BCUT2D eigenvalue weighted by Crippen LogP contribution is 2.43. The third-order valence-electron chi connectivity index (χ3n) is 5.15. The Morgan fingerprint density at radius 2 is 2.00 bits per heavy atom. The molecule has 7 heteroatoms. The molecule has 0 aliphatic carbocycles. The summed E-state index contributed by atoms with van der Waals surface area (Å²) in [4.78, 5) is 0. The van der Waals surface area contributed by atoms with Gasteiger partial charge in [-0.25, -0.2) is 0 Å². The molecule has 2 aromatic rings. The van der Waals surface area contributed by atoms with Gasteiger partial charge >= 0.3 is 6.18 Å². The zero-order valence-electron chi connectivity index (χ0n) is 14.2. The van der Waals surface area contributed by atoms with Crippen LogP contribution in [0, 0.1) is 6.92 Å². The van der Waals surface area contributed by atoms with Crippen molar-refractivity contribution < 1.29 is 13.2 Å². The van der Waals surface area contributed by atoms with Crippen molar-refractivity contribution in [2.24, 2.45) is 0 Å². The number of anilines is 3. The number of aryl methyl sites for hydroxylation is 1. The molecule has 3 nitrogen and oxygen atoms in total. The minimum absolute atomic E-state index is 0.255. The van der Waals surface area contributed by atoms with Gasteiger partial charge in [-0.3, -0.25) is 0 Å². The van der Waals surface area contributed by atoms with Crippen molar-refractivity contribution in [3.63, 3.8) is 0 Å². The number of piperidine rings is 1. The molecule has 4 rings (SSSR count). The molecule has 2 heterocycles. The molecule has 0 spiro atoms. The summed E-state index contributed by atoms with van der Waals surface area (Å²) in [6, 6.07) is 7.68. The molecular formula is C19H19ClF3N3. The molecule has 0 radical (unpaired) electrons. The van der Waals surface area contributed by atoms with Gasteiger partial charge in [0.05, 0.1) is 16.3 Å². The van der Waals surface area contributed by atoms with Crippen LogP contribution in [-0.2, 0) is 6.18 Å². The van der Waals surface area contributed by atoms with E-state index in [0.717, 1.165) is 48.6 Å². The lowest BCUT2D eigenvalue weighted by molar-refractivity contribution is -0.137. The molecule has 2 aliphatic heterocycles. The number of benzene rings is 2. The first kappa shape index (κ1) is 17.5. The monoisotopic (exact) mass is 381 g/mol. The molecule has 0 saturated carbocycles. The Kier molecular flexibility index (Phi) is 4.28. The van der Waals surface area contributed by atoms with Crippen molar-refractivity contribution in [1.82, 2.24) is 5.32 Å².